The molecular weight excluding hydrogens is 378 g/mol. The minimum absolute atomic E-state index is 0.0246. The number of aryl methyl sites for hydroxylation is 1. The van der Waals surface area contributed by atoms with Gasteiger partial charge < -0.3 is 9.88 Å². The molecule has 29 heavy (non-hydrogen) atoms. The number of hydrogen-bond donors (Lipinski definition) is 2. The van der Waals surface area contributed by atoms with E-state index in [1.54, 1.807) is 14.0 Å². The molecule has 0 unspecified atom stereocenters. The molecule has 8 heteroatoms. The number of para-hydroxylation sites is 1. The highest BCUT2D eigenvalue weighted by molar-refractivity contribution is 6.01. The first-order chi connectivity index (χ1) is 13.8. The third kappa shape index (κ3) is 2.97. The van der Waals surface area contributed by atoms with Gasteiger partial charge in [-0.1, -0.05) is 18.2 Å². The number of hydrogen-bond acceptors (Lipinski definition) is 3. The Labute approximate surface area is 164 Å². The van der Waals surface area contributed by atoms with Crippen LogP contribution in [0.15, 0.2) is 41.2 Å². The van der Waals surface area contributed by atoms with E-state index < -0.39 is 23.2 Å². The normalized spacial score (nSPS) is 12.4. The molecule has 0 saturated heterocycles. The summed E-state index contributed by atoms with van der Waals surface area (Å²) in [6, 6.07) is 8.75. The SMILES string of the molecule is Cc1c(C(=O)N(C)[C@@H](C)c2n[nH]c(=O)c3cc(F)c(F)cc23)[nH]c2ccccc12. The number of benzene rings is 2. The van der Waals surface area contributed by atoms with Crippen LogP contribution in [0.5, 0.6) is 0 Å². The average Bonchev–Trinajstić information content (AvgIpc) is 3.05. The Morgan fingerprint density at radius 2 is 1.76 bits per heavy atom. The van der Waals surface area contributed by atoms with Crippen LogP contribution in [0.25, 0.3) is 21.7 Å². The summed E-state index contributed by atoms with van der Waals surface area (Å²) in [5, 5.41) is 7.39. The Kier molecular flexibility index (Phi) is 4.41. The molecule has 0 spiro atoms. The van der Waals surface area contributed by atoms with E-state index in [-0.39, 0.29) is 22.4 Å². The molecule has 0 fully saturated rings. The van der Waals surface area contributed by atoms with Crippen LogP contribution in [0.3, 0.4) is 0 Å². The molecule has 148 valence electrons. The molecule has 2 aromatic heterocycles. The van der Waals surface area contributed by atoms with Gasteiger partial charge >= 0.3 is 0 Å². The second-order valence-electron chi connectivity index (χ2n) is 7.01. The molecule has 0 saturated carbocycles. The third-order valence-corrected chi connectivity index (χ3v) is 5.34. The van der Waals surface area contributed by atoms with Crippen molar-refractivity contribution in [1.29, 1.82) is 0 Å². The van der Waals surface area contributed by atoms with E-state index >= 15 is 0 Å². The van der Waals surface area contributed by atoms with Gasteiger partial charge in [0.15, 0.2) is 11.6 Å². The first-order valence-electron chi connectivity index (χ1n) is 9.01. The molecule has 0 aliphatic heterocycles. The molecule has 0 aliphatic carbocycles. The summed E-state index contributed by atoms with van der Waals surface area (Å²) in [4.78, 5) is 29.7. The number of aromatic nitrogens is 3. The summed E-state index contributed by atoms with van der Waals surface area (Å²) >= 11 is 0. The van der Waals surface area contributed by atoms with Crippen molar-refractivity contribution < 1.29 is 13.6 Å². The molecule has 2 N–H and O–H groups in total. The van der Waals surface area contributed by atoms with Crippen molar-refractivity contribution in [3.8, 4) is 0 Å². The predicted octanol–water partition coefficient (Wildman–Crippen LogP) is 3.82. The smallest absolute Gasteiger partial charge is 0.272 e. The first-order valence-corrected chi connectivity index (χ1v) is 9.01. The van der Waals surface area contributed by atoms with E-state index in [1.165, 1.54) is 4.90 Å². The van der Waals surface area contributed by atoms with Crippen molar-refractivity contribution in [3.63, 3.8) is 0 Å². The van der Waals surface area contributed by atoms with Gasteiger partial charge in [-0.25, -0.2) is 13.9 Å². The van der Waals surface area contributed by atoms with Crippen LogP contribution < -0.4 is 5.56 Å². The third-order valence-electron chi connectivity index (χ3n) is 5.34. The molecule has 1 atom stereocenters. The zero-order valence-electron chi connectivity index (χ0n) is 16.0. The van der Waals surface area contributed by atoms with Crippen LogP contribution in [0, 0.1) is 18.6 Å². The number of nitrogens with zero attached hydrogens (tertiary/aromatic N) is 2. The van der Waals surface area contributed by atoms with Crippen LogP contribution in [0.2, 0.25) is 0 Å². The standard InChI is InChI=1S/C21H18F2N4O2/c1-10-12-6-4-5-7-17(12)24-18(10)21(29)27(3)11(2)19-13-8-15(22)16(23)9-14(13)20(28)26-25-19/h4-9,11,24H,1-3H3,(H,26,28)/t11-/m0/s1. The van der Waals surface area contributed by atoms with Gasteiger partial charge in [0.25, 0.3) is 11.5 Å². The fourth-order valence-electron chi connectivity index (χ4n) is 3.53. The number of halogens is 2. The van der Waals surface area contributed by atoms with E-state index in [9.17, 15) is 18.4 Å². The second kappa shape index (κ2) is 6.80. The van der Waals surface area contributed by atoms with Crippen molar-refractivity contribution in [2.75, 3.05) is 7.05 Å². The van der Waals surface area contributed by atoms with Crippen molar-refractivity contribution in [1.82, 2.24) is 20.1 Å². The lowest BCUT2D eigenvalue weighted by molar-refractivity contribution is 0.0734. The molecule has 4 rings (SSSR count). The molecule has 4 aromatic rings. The van der Waals surface area contributed by atoms with E-state index in [1.807, 2.05) is 31.2 Å². The Hall–Kier alpha value is -3.55. The maximum atomic E-state index is 13.8. The Morgan fingerprint density at radius 1 is 1.10 bits per heavy atom. The number of carbonyl (C=O) groups is 1. The second-order valence-corrected chi connectivity index (χ2v) is 7.01. The quantitative estimate of drug-likeness (QED) is 0.552. The van der Waals surface area contributed by atoms with Crippen LogP contribution in [0.4, 0.5) is 8.78 Å². The zero-order valence-corrected chi connectivity index (χ0v) is 16.0. The minimum Gasteiger partial charge on any atom is -0.350 e. The molecule has 0 radical (unpaired) electrons. The van der Waals surface area contributed by atoms with Crippen molar-refractivity contribution >= 4 is 27.6 Å². The van der Waals surface area contributed by atoms with Gasteiger partial charge in [0.2, 0.25) is 0 Å². The monoisotopic (exact) mass is 396 g/mol. The molecule has 2 aromatic carbocycles. The number of fused-ring (bicyclic) bond motifs is 2. The molecule has 0 bridgehead atoms. The number of H-pyrrole nitrogens is 2. The number of nitrogens with one attached hydrogen (secondary N) is 2. The fourth-order valence-corrected chi connectivity index (χ4v) is 3.53. The summed E-state index contributed by atoms with van der Waals surface area (Å²) in [7, 11) is 1.59. The van der Waals surface area contributed by atoms with Crippen LogP contribution in [0.1, 0.15) is 34.7 Å². The van der Waals surface area contributed by atoms with Crippen LogP contribution >= 0.6 is 0 Å². The van der Waals surface area contributed by atoms with Gasteiger partial charge in [0, 0.05) is 23.3 Å². The summed E-state index contributed by atoms with van der Waals surface area (Å²) in [6.45, 7) is 3.56. The topological polar surface area (TPSA) is 81.8 Å². The molecule has 0 aliphatic rings. The van der Waals surface area contributed by atoms with Gasteiger partial charge in [-0.2, -0.15) is 5.10 Å². The summed E-state index contributed by atoms with van der Waals surface area (Å²) < 4.78 is 27.4. The summed E-state index contributed by atoms with van der Waals surface area (Å²) in [5.41, 5.74) is 1.74. The average molecular weight is 396 g/mol. The maximum Gasteiger partial charge on any atom is 0.272 e. The lowest BCUT2D eigenvalue weighted by Crippen LogP contribution is -2.31. The maximum absolute atomic E-state index is 13.8. The Bertz CT molecular complexity index is 1330. The number of carbonyl (C=O) groups excluding carboxylic acids is 1. The van der Waals surface area contributed by atoms with Crippen molar-refractivity contribution in [2.24, 2.45) is 0 Å². The number of aromatic amines is 2. The highest BCUT2D eigenvalue weighted by Crippen LogP contribution is 2.28. The first kappa shape index (κ1) is 18.8. The fraction of sp³-hybridized carbons (Fsp3) is 0.190. The van der Waals surface area contributed by atoms with Gasteiger partial charge in [-0.3, -0.25) is 9.59 Å². The summed E-state index contributed by atoms with van der Waals surface area (Å²) in [6.07, 6.45) is 0. The Balaban J connectivity index is 1.78. The molecule has 1 amide bonds. The largest absolute Gasteiger partial charge is 0.350 e. The van der Waals surface area contributed by atoms with E-state index in [2.05, 4.69) is 15.2 Å². The van der Waals surface area contributed by atoms with E-state index in [4.69, 9.17) is 0 Å². The lowest BCUT2D eigenvalue weighted by atomic mass is 10.0. The van der Waals surface area contributed by atoms with E-state index in [0.717, 1.165) is 28.6 Å². The predicted molar refractivity (Wildman–Crippen MR) is 106 cm³/mol. The van der Waals surface area contributed by atoms with Crippen molar-refractivity contribution in [2.45, 2.75) is 19.9 Å². The summed E-state index contributed by atoms with van der Waals surface area (Å²) in [5.74, 6) is -2.49. The van der Waals surface area contributed by atoms with Crippen LogP contribution in [-0.4, -0.2) is 33.0 Å². The van der Waals surface area contributed by atoms with E-state index in [0.29, 0.717) is 5.69 Å². The Morgan fingerprint density at radius 3 is 2.45 bits per heavy atom. The minimum atomic E-state index is -1.12. The van der Waals surface area contributed by atoms with Crippen LogP contribution in [-0.2, 0) is 0 Å². The number of rotatable bonds is 3. The van der Waals surface area contributed by atoms with Gasteiger partial charge in [-0.05, 0) is 37.6 Å². The highest BCUT2D eigenvalue weighted by Gasteiger charge is 2.26. The van der Waals surface area contributed by atoms with Crippen molar-refractivity contribution in [3.05, 3.63) is 75.3 Å². The zero-order chi connectivity index (χ0) is 20.9. The van der Waals surface area contributed by atoms with Gasteiger partial charge in [0.1, 0.15) is 5.69 Å². The molecular formula is C21H18F2N4O2. The highest BCUT2D eigenvalue weighted by atomic mass is 19.2. The lowest BCUT2D eigenvalue weighted by Gasteiger charge is -2.25. The van der Waals surface area contributed by atoms with Gasteiger partial charge in [-0.15, -0.1) is 0 Å². The van der Waals surface area contributed by atoms with Gasteiger partial charge in [0.05, 0.1) is 17.1 Å². The molecule has 2 heterocycles. The number of amides is 1. The molecule has 6 nitrogen and oxygen atoms in total.